The van der Waals surface area contributed by atoms with Crippen molar-refractivity contribution in [2.75, 3.05) is 6.54 Å². The van der Waals surface area contributed by atoms with Crippen LogP contribution >= 0.6 is 0 Å². The molecule has 1 rings (SSSR count). The smallest absolute Gasteiger partial charge is 0.0536 e. The summed E-state index contributed by atoms with van der Waals surface area (Å²) in [6.07, 6.45) is 5.54. The predicted molar refractivity (Wildman–Crippen MR) is 71.3 cm³/mol. The van der Waals surface area contributed by atoms with Gasteiger partial charge in [0, 0.05) is 6.54 Å². The van der Waals surface area contributed by atoms with E-state index >= 15 is 0 Å². The molecule has 0 saturated carbocycles. The minimum atomic E-state index is 0.489. The van der Waals surface area contributed by atoms with Gasteiger partial charge in [0.05, 0.1) is 6.04 Å². The van der Waals surface area contributed by atoms with Crippen LogP contribution in [0.5, 0.6) is 0 Å². The van der Waals surface area contributed by atoms with Gasteiger partial charge in [-0.2, -0.15) is 0 Å². The largest absolute Gasteiger partial charge is 0.371 e. The van der Waals surface area contributed by atoms with Crippen LogP contribution in [0.2, 0.25) is 0 Å². The van der Waals surface area contributed by atoms with Crippen LogP contribution in [0.15, 0.2) is 43.1 Å². The van der Waals surface area contributed by atoms with Crippen LogP contribution in [0.25, 0.3) is 0 Å². The molecule has 0 spiro atoms. The molecule has 1 unspecified atom stereocenters. The van der Waals surface area contributed by atoms with E-state index in [-0.39, 0.29) is 0 Å². The lowest BCUT2D eigenvalue weighted by atomic mass is 10.0. The highest BCUT2D eigenvalue weighted by molar-refractivity contribution is 5.19. The third kappa shape index (κ3) is 3.41. The molecular weight excluding hydrogens is 194 g/mol. The van der Waals surface area contributed by atoms with E-state index in [2.05, 4.69) is 55.7 Å². The summed E-state index contributed by atoms with van der Waals surface area (Å²) in [5.41, 5.74) is 1.40. The summed E-state index contributed by atoms with van der Waals surface area (Å²) in [5.74, 6) is 0. The Kier molecular flexibility index (Phi) is 5.69. The lowest BCUT2D eigenvalue weighted by Crippen LogP contribution is -2.24. The Labute approximate surface area is 99.8 Å². The fourth-order valence-corrected chi connectivity index (χ4v) is 2.11. The second-order valence-electron chi connectivity index (χ2n) is 4.14. The quantitative estimate of drug-likeness (QED) is 0.655. The Hall–Kier alpha value is -1.24. The van der Waals surface area contributed by atoms with Crippen molar-refractivity contribution in [3.63, 3.8) is 0 Å². The molecule has 16 heavy (non-hydrogen) atoms. The molecule has 1 aromatic rings. The molecule has 1 heteroatoms. The van der Waals surface area contributed by atoms with Crippen LogP contribution < -0.4 is 0 Å². The van der Waals surface area contributed by atoms with Gasteiger partial charge < -0.3 is 4.90 Å². The van der Waals surface area contributed by atoms with E-state index in [1.165, 1.54) is 24.8 Å². The van der Waals surface area contributed by atoms with Crippen molar-refractivity contribution in [1.29, 1.82) is 0 Å². The zero-order chi connectivity index (χ0) is 11.8. The Balaban J connectivity index is 2.84. The summed E-state index contributed by atoms with van der Waals surface area (Å²) < 4.78 is 0. The maximum absolute atomic E-state index is 3.93. The zero-order valence-electron chi connectivity index (χ0n) is 10.5. The Morgan fingerprint density at radius 2 is 1.88 bits per heavy atom. The van der Waals surface area contributed by atoms with E-state index in [0.717, 1.165) is 6.54 Å². The van der Waals surface area contributed by atoms with Crippen molar-refractivity contribution in [2.45, 2.75) is 39.2 Å². The molecule has 0 radical (unpaired) electrons. The SMILES string of the molecule is C=CN(CCC)C(CCC)c1ccccc1. The summed E-state index contributed by atoms with van der Waals surface area (Å²) in [6.45, 7) is 9.47. The molecular formula is C15H23N. The van der Waals surface area contributed by atoms with E-state index in [0.29, 0.717) is 6.04 Å². The second-order valence-corrected chi connectivity index (χ2v) is 4.14. The predicted octanol–water partition coefficient (Wildman–Crippen LogP) is 4.38. The van der Waals surface area contributed by atoms with Gasteiger partial charge in [0.15, 0.2) is 0 Å². The summed E-state index contributed by atoms with van der Waals surface area (Å²) in [7, 11) is 0. The van der Waals surface area contributed by atoms with Crippen molar-refractivity contribution in [3.8, 4) is 0 Å². The van der Waals surface area contributed by atoms with Gasteiger partial charge in [-0.3, -0.25) is 0 Å². The van der Waals surface area contributed by atoms with Crippen LogP contribution in [-0.2, 0) is 0 Å². The summed E-state index contributed by atoms with van der Waals surface area (Å²) in [6, 6.07) is 11.2. The molecule has 0 fully saturated rings. The van der Waals surface area contributed by atoms with Gasteiger partial charge in [0.2, 0.25) is 0 Å². The number of nitrogens with zero attached hydrogens (tertiary/aromatic N) is 1. The second kappa shape index (κ2) is 7.10. The molecule has 88 valence electrons. The first-order valence-electron chi connectivity index (χ1n) is 6.26. The monoisotopic (exact) mass is 217 g/mol. The van der Waals surface area contributed by atoms with Gasteiger partial charge in [-0.25, -0.2) is 0 Å². The average molecular weight is 217 g/mol. The Morgan fingerprint density at radius 3 is 2.38 bits per heavy atom. The highest BCUT2D eigenvalue weighted by Gasteiger charge is 2.15. The Bertz CT molecular complexity index is 292. The molecule has 0 N–H and O–H groups in total. The zero-order valence-corrected chi connectivity index (χ0v) is 10.5. The van der Waals surface area contributed by atoms with Gasteiger partial charge in [-0.1, -0.05) is 57.2 Å². The van der Waals surface area contributed by atoms with Gasteiger partial charge in [0.1, 0.15) is 0 Å². The number of hydrogen-bond donors (Lipinski definition) is 0. The van der Waals surface area contributed by atoms with Crippen molar-refractivity contribution in [1.82, 2.24) is 4.90 Å². The van der Waals surface area contributed by atoms with Gasteiger partial charge >= 0.3 is 0 Å². The molecule has 1 atom stereocenters. The maximum Gasteiger partial charge on any atom is 0.0536 e. The highest BCUT2D eigenvalue weighted by atomic mass is 15.1. The minimum Gasteiger partial charge on any atom is -0.371 e. The van der Waals surface area contributed by atoms with Crippen LogP contribution in [0.3, 0.4) is 0 Å². The highest BCUT2D eigenvalue weighted by Crippen LogP contribution is 2.25. The van der Waals surface area contributed by atoms with Crippen LogP contribution in [0.4, 0.5) is 0 Å². The normalized spacial score (nSPS) is 12.1. The molecule has 0 aliphatic rings. The number of benzene rings is 1. The van der Waals surface area contributed by atoms with E-state index in [4.69, 9.17) is 0 Å². The molecule has 0 saturated heterocycles. The number of hydrogen-bond acceptors (Lipinski definition) is 1. The minimum absolute atomic E-state index is 0.489. The molecule has 0 aliphatic heterocycles. The van der Waals surface area contributed by atoms with Gasteiger partial charge in [0.25, 0.3) is 0 Å². The van der Waals surface area contributed by atoms with Gasteiger partial charge in [-0.15, -0.1) is 0 Å². The fourth-order valence-electron chi connectivity index (χ4n) is 2.11. The maximum atomic E-state index is 3.93. The average Bonchev–Trinajstić information content (AvgIpc) is 2.35. The molecule has 0 amide bonds. The molecule has 0 aliphatic carbocycles. The lowest BCUT2D eigenvalue weighted by Gasteiger charge is -2.30. The van der Waals surface area contributed by atoms with Crippen LogP contribution in [0.1, 0.15) is 44.7 Å². The van der Waals surface area contributed by atoms with Crippen LogP contribution in [-0.4, -0.2) is 11.4 Å². The Morgan fingerprint density at radius 1 is 1.19 bits per heavy atom. The topological polar surface area (TPSA) is 3.24 Å². The lowest BCUT2D eigenvalue weighted by molar-refractivity contribution is 0.265. The first-order chi connectivity index (χ1) is 7.83. The van der Waals surface area contributed by atoms with Crippen molar-refractivity contribution < 1.29 is 0 Å². The van der Waals surface area contributed by atoms with Crippen molar-refractivity contribution in [3.05, 3.63) is 48.7 Å². The molecule has 0 heterocycles. The summed E-state index contributed by atoms with van der Waals surface area (Å²) in [5, 5.41) is 0. The first kappa shape index (κ1) is 12.8. The fraction of sp³-hybridized carbons (Fsp3) is 0.467. The molecule has 1 nitrogen and oxygen atoms in total. The third-order valence-electron chi connectivity index (χ3n) is 2.86. The first-order valence-corrected chi connectivity index (χ1v) is 6.26. The summed E-state index contributed by atoms with van der Waals surface area (Å²) >= 11 is 0. The van der Waals surface area contributed by atoms with Crippen LogP contribution in [0, 0.1) is 0 Å². The third-order valence-corrected chi connectivity index (χ3v) is 2.86. The molecule has 0 aromatic heterocycles. The van der Waals surface area contributed by atoms with Crippen molar-refractivity contribution >= 4 is 0 Å². The summed E-state index contributed by atoms with van der Waals surface area (Å²) in [4.78, 5) is 2.36. The van der Waals surface area contributed by atoms with Crippen molar-refractivity contribution in [2.24, 2.45) is 0 Å². The van der Waals surface area contributed by atoms with E-state index < -0.39 is 0 Å². The van der Waals surface area contributed by atoms with E-state index in [9.17, 15) is 0 Å². The number of rotatable bonds is 7. The van der Waals surface area contributed by atoms with E-state index in [1.807, 2.05) is 6.20 Å². The molecule has 1 aromatic carbocycles. The standard InChI is InChI=1S/C15H23N/c1-4-10-15(16(6-3)13-5-2)14-11-8-7-9-12-14/h6-9,11-12,15H,3-5,10,13H2,1-2H3. The van der Waals surface area contributed by atoms with Gasteiger partial charge in [-0.05, 0) is 24.6 Å². The molecule has 0 bridgehead atoms. The van der Waals surface area contributed by atoms with E-state index in [1.54, 1.807) is 0 Å².